The van der Waals surface area contributed by atoms with Crippen molar-refractivity contribution in [1.29, 1.82) is 0 Å². The van der Waals surface area contributed by atoms with E-state index >= 15 is 0 Å². The molecule has 0 N–H and O–H groups in total. The Balaban J connectivity index is 1.05. The SMILES string of the molecule is c1ccc(-c2nc(-c3ccccc3)nc(-c3cc4c5ccccc5oc4c4c5c6ccccc6ccc5n(-c5ccc(-c6ccc7c8ccccc8n(-c8ccccc8)c7c6)cc5)c34)n2)cc1. The highest BCUT2D eigenvalue weighted by molar-refractivity contribution is 6.32. The molecule has 0 saturated carbocycles. The zero-order valence-electron chi connectivity index (χ0n) is 36.0. The van der Waals surface area contributed by atoms with E-state index in [4.69, 9.17) is 19.4 Å². The molecule has 14 rings (SSSR count). The van der Waals surface area contributed by atoms with Gasteiger partial charge in [0.15, 0.2) is 17.5 Å². The second-order valence-electron chi connectivity index (χ2n) is 17.1. The van der Waals surface area contributed by atoms with E-state index in [-0.39, 0.29) is 0 Å². The average Bonchev–Trinajstić information content (AvgIpc) is 4.07. The summed E-state index contributed by atoms with van der Waals surface area (Å²) in [5, 5.41) is 8.94. The Morgan fingerprint density at radius 3 is 1.66 bits per heavy atom. The van der Waals surface area contributed by atoms with E-state index in [9.17, 15) is 0 Å². The average molecular weight is 856 g/mol. The molecule has 0 spiro atoms. The van der Waals surface area contributed by atoms with Crippen LogP contribution >= 0.6 is 0 Å². The Morgan fingerprint density at radius 2 is 0.910 bits per heavy atom. The van der Waals surface area contributed by atoms with Gasteiger partial charge in [0.05, 0.1) is 27.5 Å². The van der Waals surface area contributed by atoms with Crippen LogP contribution in [-0.4, -0.2) is 24.1 Å². The van der Waals surface area contributed by atoms with Gasteiger partial charge in [0.1, 0.15) is 11.2 Å². The summed E-state index contributed by atoms with van der Waals surface area (Å²) in [6.07, 6.45) is 0. The second kappa shape index (κ2) is 14.7. The van der Waals surface area contributed by atoms with Gasteiger partial charge in [0, 0.05) is 55.0 Å². The number of benzene rings is 10. The first-order valence-corrected chi connectivity index (χ1v) is 22.6. The van der Waals surface area contributed by atoms with Crippen molar-refractivity contribution >= 4 is 76.3 Å². The van der Waals surface area contributed by atoms with Crippen molar-refractivity contribution in [2.45, 2.75) is 0 Å². The standard InChI is InChI=1S/C61H37N5O/c1-4-17-40(18-5-1)59-62-60(41-19-6-2-7-20-41)64-61(63-59)50-37-49-48-25-13-15-27-54(48)67-58(49)56-55-45-23-11-10-16-39(45)31-35-52(55)66(57(50)56)44-32-28-38(29-33-44)42-30-34-47-46-24-12-14-26-51(46)65(53(47)36-42)43-21-8-3-9-22-43/h1-37H. The van der Waals surface area contributed by atoms with Crippen LogP contribution in [0, 0.1) is 0 Å². The van der Waals surface area contributed by atoms with Crippen LogP contribution in [0.15, 0.2) is 229 Å². The summed E-state index contributed by atoms with van der Waals surface area (Å²) in [4.78, 5) is 15.8. The normalized spacial score (nSPS) is 11.9. The fourth-order valence-corrected chi connectivity index (χ4v) is 10.3. The van der Waals surface area contributed by atoms with Gasteiger partial charge < -0.3 is 13.6 Å². The van der Waals surface area contributed by atoms with Crippen molar-refractivity contribution in [3.63, 3.8) is 0 Å². The number of rotatable bonds is 6. The largest absolute Gasteiger partial charge is 0.455 e. The molecule has 0 atom stereocenters. The molecule has 0 aliphatic heterocycles. The van der Waals surface area contributed by atoms with Gasteiger partial charge in [-0.05, 0) is 76.5 Å². The van der Waals surface area contributed by atoms with Crippen LogP contribution < -0.4 is 0 Å². The third-order valence-electron chi connectivity index (χ3n) is 13.4. The topological polar surface area (TPSA) is 61.7 Å². The Kier molecular flexibility index (Phi) is 8.18. The summed E-state index contributed by atoms with van der Waals surface area (Å²) in [5.41, 5.74) is 13.2. The molecule has 14 aromatic rings. The van der Waals surface area contributed by atoms with Gasteiger partial charge in [-0.25, -0.2) is 15.0 Å². The highest BCUT2D eigenvalue weighted by Crippen LogP contribution is 2.47. The number of nitrogens with zero attached hydrogens (tertiary/aromatic N) is 5. The molecule has 0 unspecified atom stereocenters. The van der Waals surface area contributed by atoms with Gasteiger partial charge in [0.25, 0.3) is 0 Å². The Bertz CT molecular complexity index is 4190. The maximum Gasteiger partial charge on any atom is 0.166 e. The molecule has 0 radical (unpaired) electrons. The summed E-state index contributed by atoms with van der Waals surface area (Å²) in [6.45, 7) is 0. The zero-order valence-corrected chi connectivity index (χ0v) is 36.0. The zero-order chi connectivity index (χ0) is 44.0. The molecule has 0 aliphatic rings. The molecule has 10 aromatic carbocycles. The van der Waals surface area contributed by atoms with E-state index < -0.39 is 0 Å². The first kappa shape index (κ1) is 37.3. The van der Waals surface area contributed by atoms with Gasteiger partial charge >= 0.3 is 0 Å². The van der Waals surface area contributed by atoms with E-state index in [1.807, 2.05) is 42.5 Å². The van der Waals surface area contributed by atoms with Crippen LogP contribution in [0.1, 0.15) is 0 Å². The number of furan rings is 1. The van der Waals surface area contributed by atoms with Crippen LogP contribution in [-0.2, 0) is 0 Å². The fourth-order valence-electron chi connectivity index (χ4n) is 10.3. The maximum atomic E-state index is 6.96. The summed E-state index contributed by atoms with van der Waals surface area (Å²) in [5.74, 6) is 1.79. The van der Waals surface area contributed by atoms with Gasteiger partial charge in [-0.3, -0.25) is 0 Å². The van der Waals surface area contributed by atoms with Gasteiger partial charge in [-0.15, -0.1) is 0 Å². The molecule has 0 amide bonds. The van der Waals surface area contributed by atoms with Crippen molar-refractivity contribution in [1.82, 2.24) is 24.1 Å². The fraction of sp³-hybridized carbons (Fsp3) is 0. The highest BCUT2D eigenvalue weighted by Gasteiger charge is 2.26. The van der Waals surface area contributed by atoms with E-state index in [0.29, 0.717) is 17.5 Å². The molecule has 0 bridgehead atoms. The van der Waals surface area contributed by atoms with Gasteiger partial charge in [-0.1, -0.05) is 170 Å². The van der Waals surface area contributed by atoms with E-state index in [0.717, 1.165) is 93.7 Å². The molecular formula is C61H37N5O. The molecule has 6 heteroatoms. The number of hydrogen-bond donors (Lipinski definition) is 0. The quantitative estimate of drug-likeness (QED) is 0.167. The lowest BCUT2D eigenvalue weighted by Crippen LogP contribution is -2.02. The number of fused-ring (bicyclic) bond motifs is 12. The molecular weight excluding hydrogens is 819 g/mol. The second-order valence-corrected chi connectivity index (χ2v) is 17.1. The number of hydrogen-bond acceptors (Lipinski definition) is 4. The first-order chi connectivity index (χ1) is 33.2. The van der Waals surface area contributed by atoms with Crippen LogP contribution in [0.4, 0.5) is 0 Å². The lowest BCUT2D eigenvalue weighted by Gasteiger charge is -2.14. The molecule has 0 saturated heterocycles. The van der Waals surface area contributed by atoms with E-state index in [2.05, 4.69) is 191 Å². The predicted molar refractivity (Wildman–Crippen MR) is 275 cm³/mol. The molecule has 4 aromatic heterocycles. The van der Waals surface area contributed by atoms with E-state index in [1.165, 1.54) is 21.8 Å². The Hall–Kier alpha value is -9.13. The van der Waals surface area contributed by atoms with E-state index in [1.54, 1.807) is 0 Å². The van der Waals surface area contributed by atoms with Crippen LogP contribution in [0.5, 0.6) is 0 Å². The minimum Gasteiger partial charge on any atom is -0.455 e. The minimum atomic E-state index is 0.581. The number of aromatic nitrogens is 5. The molecule has 0 aliphatic carbocycles. The first-order valence-electron chi connectivity index (χ1n) is 22.6. The van der Waals surface area contributed by atoms with Gasteiger partial charge in [-0.2, -0.15) is 0 Å². The van der Waals surface area contributed by atoms with Crippen molar-refractivity contribution in [3.8, 4) is 56.7 Å². The third kappa shape index (κ3) is 5.80. The van der Waals surface area contributed by atoms with Crippen LogP contribution in [0.3, 0.4) is 0 Å². The lowest BCUT2D eigenvalue weighted by atomic mass is 9.99. The van der Waals surface area contributed by atoms with Crippen molar-refractivity contribution < 1.29 is 4.42 Å². The Labute approximate surface area is 384 Å². The molecule has 4 heterocycles. The summed E-state index contributed by atoms with van der Waals surface area (Å²) < 4.78 is 11.7. The van der Waals surface area contributed by atoms with Crippen molar-refractivity contribution in [2.24, 2.45) is 0 Å². The maximum absolute atomic E-state index is 6.96. The monoisotopic (exact) mass is 855 g/mol. The third-order valence-corrected chi connectivity index (χ3v) is 13.4. The minimum absolute atomic E-state index is 0.581. The smallest absolute Gasteiger partial charge is 0.166 e. The molecule has 312 valence electrons. The molecule has 67 heavy (non-hydrogen) atoms. The molecule has 0 fully saturated rings. The summed E-state index contributed by atoms with van der Waals surface area (Å²) in [7, 11) is 0. The Morgan fingerprint density at radius 1 is 0.328 bits per heavy atom. The summed E-state index contributed by atoms with van der Waals surface area (Å²) >= 11 is 0. The van der Waals surface area contributed by atoms with Crippen LogP contribution in [0.25, 0.3) is 133 Å². The van der Waals surface area contributed by atoms with Crippen molar-refractivity contribution in [3.05, 3.63) is 224 Å². The lowest BCUT2D eigenvalue weighted by molar-refractivity contribution is 0.673. The molecule has 6 nitrogen and oxygen atoms in total. The van der Waals surface area contributed by atoms with Crippen LogP contribution in [0.2, 0.25) is 0 Å². The summed E-state index contributed by atoms with van der Waals surface area (Å²) in [6, 6.07) is 79.1. The van der Waals surface area contributed by atoms with Crippen molar-refractivity contribution in [2.75, 3.05) is 0 Å². The highest BCUT2D eigenvalue weighted by atomic mass is 16.3. The van der Waals surface area contributed by atoms with Gasteiger partial charge in [0.2, 0.25) is 0 Å². The predicted octanol–water partition coefficient (Wildman–Crippen LogP) is 15.8. The number of para-hydroxylation sites is 3.